The minimum absolute atomic E-state index is 0.205. The van der Waals surface area contributed by atoms with E-state index in [1.54, 1.807) is 18.6 Å². The van der Waals surface area contributed by atoms with Crippen molar-refractivity contribution in [1.29, 1.82) is 0 Å². The molecule has 2 aromatic heterocycles. The van der Waals surface area contributed by atoms with Gasteiger partial charge in [0.05, 0.1) is 12.0 Å². The van der Waals surface area contributed by atoms with Crippen LogP contribution in [0.15, 0.2) is 59.0 Å². The molecule has 0 atom stereocenters. The number of carbonyl (C=O) groups is 1. The predicted molar refractivity (Wildman–Crippen MR) is 107 cm³/mol. The van der Waals surface area contributed by atoms with E-state index < -0.39 is 0 Å². The van der Waals surface area contributed by atoms with Gasteiger partial charge in [0.15, 0.2) is 11.0 Å². The summed E-state index contributed by atoms with van der Waals surface area (Å²) < 4.78 is 2.01. The molecule has 1 N–H and O–H groups in total. The third kappa shape index (κ3) is 5.01. The van der Waals surface area contributed by atoms with Gasteiger partial charge in [0.25, 0.3) is 5.91 Å². The van der Waals surface area contributed by atoms with E-state index in [0.717, 1.165) is 23.5 Å². The number of carbonyl (C=O) groups excluding carboxylic acids is 1. The van der Waals surface area contributed by atoms with Crippen LogP contribution < -0.4 is 5.43 Å². The van der Waals surface area contributed by atoms with Crippen LogP contribution in [0.5, 0.6) is 0 Å². The van der Waals surface area contributed by atoms with Gasteiger partial charge in [0, 0.05) is 30.1 Å². The zero-order chi connectivity index (χ0) is 19.1. The molecular weight excluding hydrogens is 360 g/mol. The zero-order valence-corrected chi connectivity index (χ0v) is 16.0. The number of aromatic nitrogens is 4. The van der Waals surface area contributed by atoms with Crippen LogP contribution in [0.2, 0.25) is 0 Å². The van der Waals surface area contributed by atoms with Crippen molar-refractivity contribution in [3.63, 3.8) is 0 Å². The second-order valence-corrected chi connectivity index (χ2v) is 6.73. The Morgan fingerprint density at radius 1 is 1.30 bits per heavy atom. The Kier molecular flexibility index (Phi) is 6.32. The number of amides is 1. The lowest BCUT2D eigenvalue weighted by Crippen LogP contribution is -2.20. The van der Waals surface area contributed by atoms with Crippen LogP contribution in [0.4, 0.5) is 0 Å². The largest absolute Gasteiger partial charge is 0.302 e. The van der Waals surface area contributed by atoms with E-state index in [1.807, 2.05) is 48.7 Å². The quantitative estimate of drug-likeness (QED) is 0.387. The average molecular weight is 380 g/mol. The molecule has 2 heterocycles. The maximum Gasteiger partial charge on any atom is 0.250 e. The molecule has 0 aliphatic heterocycles. The summed E-state index contributed by atoms with van der Waals surface area (Å²) in [6.45, 7) is 4.80. The summed E-state index contributed by atoms with van der Waals surface area (Å²) in [4.78, 5) is 16.0. The lowest BCUT2D eigenvalue weighted by atomic mass is 10.1. The Labute approximate surface area is 161 Å². The Balaban J connectivity index is 1.61. The molecule has 1 aromatic carbocycles. The molecule has 0 radical (unpaired) electrons. The molecule has 0 unspecified atom stereocenters. The fraction of sp³-hybridized carbons (Fsp3) is 0.211. The van der Waals surface area contributed by atoms with Crippen LogP contribution in [0.3, 0.4) is 0 Å². The monoisotopic (exact) mass is 380 g/mol. The number of hydrogen-bond acceptors (Lipinski definition) is 6. The number of nitrogens with one attached hydrogen (secondary N) is 1. The number of hydrogen-bond donors (Lipinski definition) is 1. The lowest BCUT2D eigenvalue weighted by Gasteiger charge is -2.07. The van der Waals surface area contributed by atoms with Crippen LogP contribution in [0, 0.1) is 6.92 Å². The highest BCUT2D eigenvalue weighted by molar-refractivity contribution is 7.99. The molecule has 0 spiro atoms. The SMILES string of the molecule is CCn1c(SCC(=O)NN=Cc2cccnc2)nnc1-c1cccc(C)c1. The maximum absolute atomic E-state index is 12.0. The summed E-state index contributed by atoms with van der Waals surface area (Å²) in [6, 6.07) is 11.8. The highest BCUT2D eigenvalue weighted by Crippen LogP contribution is 2.24. The van der Waals surface area contributed by atoms with Gasteiger partial charge < -0.3 is 4.57 Å². The van der Waals surface area contributed by atoms with Crippen LogP contribution in [0.1, 0.15) is 18.1 Å². The lowest BCUT2D eigenvalue weighted by molar-refractivity contribution is -0.118. The number of rotatable bonds is 7. The summed E-state index contributed by atoms with van der Waals surface area (Å²) >= 11 is 1.34. The average Bonchev–Trinajstić information content (AvgIpc) is 3.10. The van der Waals surface area contributed by atoms with E-state index in [4.69, 9.17) is 0 Å². The van der Waals surface area contributed by atoms with Gasteiger partial charge >= 0.3 is 0 Å². The molecule has 3 aromatic rings. The van der Waals surface area contributed by atoms with E-state index >= 15 is 0 Å². The summed E-state index contributed by atoms with van der Waals surface area (Å²) in [7, 11) is 0. The fourth-order valence-corrected chi connectivity index (χ4v) is 3.27. The fourth-order valence-electron chi connectivity index (χ4n) is 2.47. The Morgan fingerprint density at radius 3 is 2.93 bits per heavy atom. The normalized spacial score (nSPS) is 11.0. The molecule has 0 aliphatic rings. The molecule has 27 heavy (non-hydrogen) atoms. The van der Waals surface area contributed by atoms with E-state index in [-0.39, 0.29) is 11.7 Å². The molecule has 0 bridgehead atoms. The van der Waals surface area contributed by atoms with Crippen molar-refractivity contribution in [2.24, 2.45) is 5.10 Å². The molecule has 3 rings (SSSR count). The van der Waals surface area contributed by atoms with Crippen molar-refractivity contribution in [1.82, 2.24) is 25.2 Å². The standard InChI is InChI=1S/C19H20N6OS/c1-3-25-18(16-8-4-6-14(2)10-16)23-24-19(25)27-13-17(26)22-21-12-15-7-5-9-20-11-15/h4-12H,3,13H2,1-2H3,(H,22,26). The van der Waals surface area contributed by atoms with Gasteiger partial charge in [-0.05, 0) is 26.0 Å². The van der Waals surface area contributed by atoms with E-state index in [0.29, 0.717) is 5.16 Å². The zero-order valence-electron chi connectivity index (χ0n) is 15.2. The van der Waals surface area contributed by atoms with Crippen molar-refractivity contribution in [3.8, 4) is 11.4 Å². The first kappa shape index (κ1) is 18.8. The van der Waals surface area contributed by atoms with Gasteiger partial charge in [-0.25, -0.2) is 5.43 Å². The Hall–Kier alpha value is -3.00. The summed E-state index contributed by atoms with van der Waals surface area (Å²) in [5.74, 6) is 0.803. The first-order valence-electron chi connectivity index (χ1n) is 8.52. The van der Waals surface area contributed by atoms with Crippen LogP contribution >= 0.6 is 11.8 Å². The number of aryl methyl sites for hydroxylation is 1. The molecule has 0 aliphatic carbocycles. The van der Waals surface area contributed by atoms with Crippen molar-refractivity contribution in [3.05, 3.63) is 59.9 Å². The second kappa shape index (κ2) is 9.09. The molecular formula is C19H20N6OS. The first-order chi connectivity index (χ1) is 13.2. The molecule has 7 nitrogen and oxygen atoms in total. The molecule has 0 saturated heterocycles. The molecule has 138 valence electrons. The van der Waals surface area contributed by atoms with E-state index in [2.05, 4.69) is 31.8 Å². The number of hydrazone groups is 1. The van der Waals surface area contributed by atoms with E-state index in [9.17, 15) is 4.79 Å². The molecule has 1 amide bonds. The first-order valence-corrected chi connectivity index (χ1v) is 9.51. The van der Waals surface area contributed by atoms with Gasteiger partial charge in [-0.3, -0.25) is 9.78 Å². The molecule has 8 heteroatoms. The van der Waals surface area contributed by atoms with Crippen LogP contribution in [-0.4, -0.2) is 37.6 Å². The van der Waals surface area contributed by atoms with Crippen molar-refractivity contribution < 1.29 is 4.79 Å². The van der Waals surface area contributed by atoms with Crippen LogP contribution in [-0.2, 0) is 11.3 Å². The third-order valence-electron chi connectivity index (χ3n) is 3.73. The van der Waals surface area contributed by atoms with Crippen LogP contribution in [0.25, 0.3) is 11.4 Å². The number of thioether (sulfide) groups is 1. The maximum atomic E-state index is 12.0. The number of benzene rings is 1. The Morgan fingerprint density at radius 2 is 2.19 bits per heavy atom. The van der Waals surface area contributed by atoms with Gasteiger partial charge in [-0.15, -0.1) is 10.2 Å². The summed E-state index contributed by atoms with van der Waals surface area (Å²) in [6.07, 6.45) is 4.91. The summed E-state index contributed by atoms with van der Waals surface area (Å²) in [5.41, 5.74) is 5.51. The van der Waals surface area contributed by atoms with Gasteiger partial charge in [0.1, 0.15) is 0 Å². The minimum atomic E-state index is -0.206. The van der Waals surface area contributed by atoms with Crippen molar-refractivity contribution in [2.75, 3.05) is 5.75 Å². The second-order valence-electron chi connectivity index (χ2n) is 5.79. The van der Waals surface area contributed by atoms with E-state index in [1.165, 1.54) is 17.3 Å². The van der Waals surface area contributed by atoms with Gasteiger partial charge in [0.2, 0.25) is 0 Å². The highest BCUT2D eigenvalue weighted by Gasteiger charge is 2.14. The molecule has 0 saturated carbocycles. The number of nitrogens with zero attached hydrogens (tertiary/aromatic N) is 5. The van der Waals surface area contributed by atoms with Crippen molar-refractivity contribution >= 4 is 23.9 Å². The highest BCUT2D eigenvalue weighted by atomic mass is 32.2. The smallest absolute Gasteiger partial charge is 0.250 e. The van der Waals surface area contributed by atoms with Crippen molar-refractivity contribution in [2.45, 2.75) is 25.5 Å². The molecule has 0 fully saturated rings. The topological polar surface area (TPSA) is 85.1 Å². The minimum Gasteiger partial charge on any atom is -0.302 e. The summed E-state index contributed by atoms with van der Waals surface area (Å²) in [5, 5.41) is 13.2. The van der Waals surface area contributed by atoms with Gasteiger partial charge in [-0.1, -0.05) is 41.6 Å². The Bertz CT molecular complexity index is 938. The predicted octanol–water partition coefficient (Wildman–Crippen LogP) is 2.91. The van der Waals surface area contributed by atoms with Gasteiger partial charge in [-0.2, -0.15) is 5.10 Å². The third-order valence-corrected chi connectivity index (χ3v) is 4.70. The number of pyridine rings is 1.